The highest BCUT2D eigenvalue weighted by molar-refractivity contribution is 6.03. The van der Waals surface area contributed by atoms with E-state index in [1.54, 1.807) is 0 Å². The molecule has 2 aliphatic rings. The number of aliphatic hydroxyl groups is 1. The zero-order valence-electron chi connectivity index (χ0n) is 8.03. The van der Waals surface area contributed by atoms with Crippen molar-refractivity contribution < 1.29 is 14.7 Å². The lowest BCUT2D eigenvalue weighted by Gasteiger charge is -2.34. The molecule has 2 fully saturated rings. The van der Waals surface area contributed by atoms with Gasteiger partial charge in [0, 0.05) is 18.4 Å². The molecule has 0 bridgehead atoms. The zero-order chi connectivity index (χ0) is 10.1. The number of Topliss-reactive ketones (excluding diaryl/α,β-unsaturated/α-hetero) is 2. The molecule has 3 heteroatoms. The van der Waals surface area contributed by atoms with Crippen molar-refractivity contribution in [1.29, 1.82) is 0 Å². The number of hydrogen-bond donors (Lipinski definition) is 1. The number of ketones is 2. The van der Waals surface area contributed by atoms with E-state index in [9.17, 15) is 9.59 Å². The third-order valence-electron chi connectivity index (χ3n) is 3.35. The summed E-state index contributed by atoms with van der Waals surface area (Å²) >= 11 is 0. The fourth-order valence-corrected chi connectivity index (χ4v) is 2.65. The molecule has 76 valence electrons. The summed E-state index contributed by atoms with van der Waals surface area (Å²) in [4.78, 5) is 23.1. The van der Waals surface area contributed by atoms with Crippen LogP contribution in [0.1, 0.15) is 32.1 Å². The second kappa shape index (κ2) is 3.56. The van der Waals surface area contributed by atoms with E-state index in [4.69, 9.17) is 5.11 Å². The van der Waals surface area contributed by atoms with Crippen molar-refractivity contribution in [1.82, 2.24) is 0 Å². The Morgan fingerprint density at radius 3 is 2.71 bits per heavy atom. The fraction of sp³-hybridized carbons (Fsp3) is 0.636. The highest BCUT2D eigenvalue weighted by Gasteiger charge is 2.40. The summed E-state index contributed by atoms with van der Waals surface area (Å²) in [6, 6.07) is 0. The Bertz CT molecular complexity index is 304. The molecule has 0 saturated heterocycles. The SMILES string of the molecule is O=C1CC[C@H]2CCCC(=O)[C@H]2/C1=C/O. The molecule has 0 radical (unpaired) electrons. The average molecular weight is 194 g/mol. The van der Waals surface area contributed by atoms with Crippen LogP contribution >= 0.6 is 0 Å². The second-order valence-electron chi connectivity index (χ2n) is 4.14. The summed E-state index contributed by atoms with van der Waals surface area (Å²) in [6.45, 7) is 0. The van der Waals surface area contributed by atoms with Crippen LogP contribution in [0, 0.1) is 11.8 Å². The van der Waals surface area contributed by atoms with Crippen molar-refractivity contribution in [2.75, 3.05) is 0 Å². The molecule has 2 aliphatic carbocycles. The topological polar surface area (TPSA) is 54.4 Å². The van der Waals surface area contributed by atoms with Gasteiger partial charge in [-0.2, -0.15) is 0 Å². The lowest BCUT2D eigenvalue weighted by molar-refractivity contribution is -0.130. The molecule has 0 unspecified atom stereocenters. The maximum Gasteiger partial charge on any atom is 0.162 e. The van der Waals surface area contributed by atoms with Crippen molar-refractivity contribution >= 4 is 11.6 Å². The van der Waals surface area contributed by atoms with E-state index in [1.165, 1.54) is 0 Å². The monoisotopic (exact) mass is 194 g/mol. The Morgan fingerprint density at radius 1 is 1.21 bits per heavy atom. The van der Waals surface area contributed by atoms with E-state index in [2.05, 4.69) is 0 Å². The maximum atomic E-state index is 11.6. The van der Waals surface area contributed by atoms with E-state index in [1.807, 2.05) is 0 Å². The maximum absolute atomic E-state index is 11.6. The van der Waals surface area contributed by atoms with Crippen LogP contribution < -0.4 is 0 Å². The van der Waals surface area contributed by atoms with Crippen LogP contribution in [-0.4, -0.2) is 16.7 Å². The molecule has 0 heterocycles. The molecule has 14 heavy (non-hydrogen) atoms. The second-order valence-corrected chi connectivity index (χ2v) is 4.14. The van der Waals surface area contributed by atoms with Gasteiger partial charge in [-0.25, -0.2) is 0 Å². The Balaban J connectivity index is 2.30. The first kappa shape index (κ1) is 9.44. The molecule has 3 nitrogen and oxygen atoms in total. The molecule has 0 aliphatic heterocycles. The highest BCUT2D eigenvalue weighted by atomic mass is 16.2. The minimum absolute atomic E-state index is 0.0519. The first-order valence-electron chi connectivity index (χ1n) is 5.14. The third kappa shape index (κ3) is 1.37. The van der Waals surface area contributed by atoms with Crippen LogP contribution in [0.25, 0.3) is 0 Å². The quantitative estimate of drug-likeness (QED) is 0.472. The number of allylic oxidation sites excluding steroid dienone is 1. The van der Waals surface area contributed by atoms with Gasteiger partial charge in [-0.05, 0) is 25.2 Å². The van der Waals surface area contributed by atoms with Gasteiger partial charge in [-0.1, -0.05) is 0 Å². The molecule has 0 aromatic carbocycles. The molecular formula is C11H14O3. The van der Waals surface area contributed by atoms with E-state index < -0.39 is 0 Å². The van der Waals surface area contributed by atoms with Gasteiger partial charge in [-0.3, -0.25) is 9.59 Å². The number of fused-ring (bicyclic) bond motifs is 1. The van der Waals surface area contributed by atoms with Crippen molar-refractivity contribution in [3.63, 3.8) is 0 Å². The van der Waals surface area contributed by atoms with Crippen LogP contribution in [0.4, 0.5) is 0 Å². The van der Waals surface area contributed by atoms with E-state index in [0.29, 0.717) is 24.3 Å². The number of carbonyl (C=O) groups is 2. The van der Waals surface area contributed by atoms with Crippen LogP contribution in [0.5, 0.6) is 0 Å². The summed E-state index contributed by atoms with van der Waals surface area (Å²) in [5.74, 6) is 0.0842. The normalized spacial score (nSPS) is 35.9. The van der Waals surface area contributed by atoms with Gasteiger partial charge in [0.2, 0.25) is 0 Å². The van der Waals surface area contributed by atoms with Gasteiger partial charge in [0.1, 0.15) is 5.78 Å². The number of carbonyl (C=O) groups excluding carboxylic acids is 2. The molecule has 2 rings (SSSR count). The molecule has 2 saturated carbocycles. The van der Waals surface area contributed by atoms with Gasteiger partial charge in [0.25, 0.3) is 0 Å². The van der Waals surface area contributed by atoms with Crippen LogP contribution in [0.3, 0.4) is 0 Å². The Hall–Kier alpha value is -1.12. The van der Waals surface area contributed by atoms with Crippen molar-refractivity contribution in [2.45, 2.75) is 32.1 Å². The summed E-state index contributed by atoms with van der Waals surface area (Å²) in [5, 5.41) is 8.98. The van der Waals surface area contributed by atoms with E-state index >= 15 is 0 Å². The van der Waals surface area contributed by atoms with Gasteiger partial charge >= 0.3 is 0 Å². The van der Waals surface area contributed by atoms with Gasteiger partial charge in [0.15, 0.2) is 5.78 Å². The van der Waals surface area contributed by atoms with Crippen molar-refractivity contribution in [3.05, 3.63) is 11.8 Å². The summed E-state index contributed by atoms with van der Waals surface area (Å²) < 4.78 is 0. The first-order chi connectivity index (χ1) is 6.74. The zero-order valence-corrected chi connectivity index (χ0v) is 8.03. The Morgan fingerprint density at radius 2 is 2.00 bits per heavy atom. The standard InChI is InChI=1S/C11H14O3/c12-6-8-9(13)5-4-7-2-1-3-10(14)11(7)8/h6-7,11-12H,1-5H2/b8-6+/t7-,11-/m1/s1. The van der Waals surface area contributed by atoms with E-state index in [0.717, 1.165) is 25.5 Å². The van der Waals surface area contributed by atoms with Crippen molar-refractivity contribution in [2.24, 2.45) is 11.8 Å². The minimum atomic E-state index is -0.296. The lowest BCUT2D eigenvalue weighted by Crippen LogP contribution is -2.36. The lowest BCUT2D eigenvalue weighted by atomic mass is 9.67. The number of hydrogen-bond acceptors (Lipinski definition) is 3. The first-order valence-corrected chi connectivity index (χ1v) is 5.14. The van der Waals surface area contributed by atoms with Gasteiger partial charge < -0.3 is 5.11 Å². The molecule has 2 atom stereocenters. The largest absolute Gasteiger partial charge is 0.515 e. The highest BCUT2D eigenvalue weighted by Crippen LogP contribution is 2.39. The molecule has 0 amide bonds. The van der Waals surface area contributed by atoms with Crippen LogP contribution in [0.2, 0.25) is 0 Å². The number of aliphatic hydroxyl groups excluding tert-OH is 1. The summed E-state index contributed by atoms with van der Waals surface area (Å²) in [7, 11) is 0. The molecule has 1 N–H and O–H groups in total. The van der Waals surface area contributed by atoms with Gasteiger partial charge in [-0.15, -0.1) is 0 Å². The Kier molecular flexibility index (Phi) is 2.40. The molecular weight excluding hydrogens is 180 g/mol. The predicted molar refractivity (Wildman–Crippen MR) is 50.8 cm³/mol. The smallest absolute Gasteiger partial charge is 0.162 e. The average Bonchev–Trinajstić information content (AvgIpc) is 2.19. The third-order valence-corrected chi connectivity index (χ3v) is 3.35. The van der Waals surface area contributed by atoms with Crippen molar-refractivity contribution in [3.8, 4) is 0 Å². The number of rotatable bonds is 0. The molecule has 0 spiro atoms. The fourth-order valence-electron chi connectivity index (χ4n) is 2.65. The Labute approximate surface area is 82.8 Å². The molecule has 0 aromatic heterocycles. The molecule has 0 aromatic rings. The minimum Gasteiger partial charge on any atom is -0.515 e. The summed E-state index contributed by atoms with van der Waals surface area (Å²) in [6.07, 6.45) is 4.66. The van der Waals surface area contributed by atoms with Crippen LogP contribution in [-0.2, 0) is 9.59 Å². The van der Waals surface area contributed by atoms with Gasteiger partial charge in [0.05, 0.1) is 12.2 Å². The van der Waals surface area contributed by atoms with E-state index in [-0.39, 0.29) is 17.5 Å². The predicted octanol–water partition coefficient (Wildman–Crippen LogP) is 1.78. The summed E-state index contributed by atoms with van der Waals surface area (Å²) in [5.41, 5.74) is 0.353. The van der Waals surface area contributed by atoms with Crippen LogP contribution in [0.15, 0.2) is 11.8 Å².